The molecule has 0 spiro atoms. The van der Waals surface area contributed by atoms with E-state index in [1.807, 2.05) is 12.1 Å². The summed E-state index contributed by atoms with van der Waals surface area (Å²) in [6.45, 7) is 18.1. The number of rotatable bonds is 10. The van der Waals surface area contributed by atoms with Crippen LogP contribution in [0.25, 0.3) is 0 Å². The molecule has 0 aliphatic heterocycles. The van der Waals surface area contributed by atoms with Gasteiger partial charge in [-0.05, 0) is 83.4 Å². The molecule has 2 rings (SSSR count). The zero-order valence-corrected chi connectivity index (χ0v) is 22.5. The fraction of sp³-hybridized carbons (Fsp3) is 0.519. The van der Waals surface area contributed by atoms with Gasteiger partial charge in [-0.2, -0.15) is 0 Å². The third-order valence-corrected chi connectivity index (χ3v) is 12.8. The van der Waals surface area contributed by atoms with Gasteiger partial charge in [0.2, 0.25) is 0 Å². The third-order valence-electron chi connectivity index (χ3n) is 6.75. The zero-order chi connectivity index (χ0) is 24.2. The van der Waals surface area contributed by atoms with E-state index in [1.165, 1.54) is 16.7 Å². The van der Waals surface area contributed by atoms with Crippen molar-refractivity contribution in [3.63, 3.8) is 0 Å². The molecule has 0 aromatic heterocycles. The van der Waals surface area contributed by atoms with E-state index in [2.05, 4.69) is 67.5 Å². The average Bonchev–Trinajstić information content (AvgIpc) is 2.72. The Labute approximate surface area is 195 Å². The first kappa shape index (κ1) is 26.0. The molecule has 0 atom stereocenters. The molecule has 0 heterocycles. The summed E-state index contributed by atoms with van der Waals surface area (Å²) in [4.78, 5) is 11.6. The molecule has 0 saturated carbocycles. The Balaban J connectivity index is 2.46. The quantitative estimate of drug-likeness (QED) is 0.278. The van der Waals surface area contributed by atoms with Crippen LogP contribution in [0.4, 0.5) is 0 Å². The number of methoxy groups -OCH3 is 2. The highest BCUT2D eigenvalue weighted by atomic mass is 28.4. The lowest BCUT2D eigenvalue weighted by Crippen LogP contribution is -2.50. The van der Waals surface area contributed by atoms with Gasteiger partial charge >= 0.3 is 0 Å². The van der Waals surface area contributed by atoms with Gasteiger partial charge in [0, 0.05) is 0 Å². The minimum absolute atomic E-state index is 0.473. The van der Waals surface area contributed by atoms with E-state index in [9.17, 15) is 4.79 Å². The Morgan fingerprint density at radius 1 is 0.844 bits per heavy atom. The number of benzene rings is 2. The Morgan fingerprint density at radius 2 is 1.38 bits per heavy atom. The second kappa shape index (κ2) is 10.6. The molecule has 0 N–H and O–H groups in total. The fourth-order valence-corrected chi connectivity index (χ4v) is 10.5. The van der Waals surface area contributed by atoms with Gasteiger partial charge in [0.15, 0.2) is 17.8 Å². The molecule has 0 radical (unpaired) electrons. The van der Waals surface area contributed by atoms with Gasteiger partial charge in [-0.25, -0.2) is 0 Å². The SMILES string of the molecule is COc1cc(Cc2c(C)cc(O[Si](C(C)C)(C(C)C)C(C)C)cc2C)cc(C=O)c1OC. The summed E-state index contributed by atoms with van der Waals surface area (Å²) in [5.74, 6) is 2.03. The van der Waals surface area contributed by atoms with Crippen LogP contribution >= 0.6 is 0 Å². The Kier molecular flexibility index (Phi) is 8.58. The second-order valence-electron chi connectivity index (χ2n) is 9.67. The number of hydrogen-bond donors (Lipinski definition) is 0. The van der Waals surface area contributed by atoms with E-state index >= 15 is 0 Å². The minimum Gasteiger partial charge on any atom is -0.543 e. The molecule has 0 amide bonds. The maximum Gasteiger partial charge on any atom is 0.258 e. The molecule has 2 aromatic carbocycles. The first-order valence-electron chi connectivity index (χ1n) is 11.5. The standard InChI is InChI=1S/C27H40O4Si/c1-17(2)32(18(3)4,19(5)6)31-24-11-20(7)25(21(8)12-24)14-22-13-23(16-28)27(30-10)26(15-22)29-9/h11-13,15-19H,14H2,1-10H3. The van der Waals surface area contributed by atoms with Crippen LogP contribution in [0.1, 0.15) is 74.2 Å². The average molecular weight is 457 g/mol. The van der Waals surface area contributed by atoms with Crippen molar-refractivity contribution in [3.05, 3.63) is 52.1 Å². The highest BCUT2D eigenvalue weighted by molar-refractivity contribution is 6.78. The molecule has 0 aliphatic carbocycles. The first-order valence-corrected chi connectivity index (χ1v) is 13.6. The molecule has 0 fully saturated rings. The van der Waals surface area contributed by atoms with Gasteiger partial charge in [0.25, 0.3) is 8.32 Å². The summed E-state index contributed by atoms with van der Waals surface area (Å²) in [6.07, 6.45) is 1.52. The van der Waals surface area contributed by atoms with Crippen molar-refractivity contribution in [1.82, 2.24) is 0 Å². The first-order chi connectivity index (χ1) is 15.0. The van der Waals surface area contributed by atoms with E-state index in [4.69, 9.17) is 13.9 Å². The van der Waals surface area contributed by atoms with Crippen molar-refractivity contribution >= 4 is 14.6 Å². The van der Waals surface area contributed by atoms with E-state index in [1.54, 1.807) is 14.2 Å². The highest BCUT2D eigenvalue weighted by Gasteiger charge is 2.47. The Hall–Kier alpha value is -2.27. The summed E-state index contributed by atoms with van der Waals surface area (Å²) in [7, 11) is 1.13. The molecule has 0 bridgehead atoms. The number of aldehydes is 1. The second-order valence-corrected chi connectivity index (χ2v) is 15.0. The Bertz CT molecular complexity index is 902. The van der Waals surface area contributed by atoms with E-state index in [0.717, 1.165) is 17.6 Å². The lowest BCUT2D eigenvalue weighted by Gasteiger charge is -2.42. The molecule has 176 valence electrons. The predicted molar refractivity (Wildman–Crippen MR) is 135 cm³/mol. The maximum atomic E-state index is 11.6. The summed E-state index contributed by atoms with van der Waals surface area (Å²) in [6, 6.07) is 8.19. The molecule has 32 heavy (non-hydrogen) atoms. The van der Waals surface area contributed by atoms with Crippen molar-refractivity contribution in [1.29, 1.82) is 0 Å². The summed E-state index contributed by atoms with van der Waals surface area (Å²) in [5.41, 5.74) is 6.72. The topological polar surface area (TPSA) is 44.8 Å². The Morgan fingerprint density at radius 3 is 1.78 bits per heavy atom. The number of carbonyl (C=O) groups excluding carboxylic acids is 1. The molecule has 2 aromatic rings. The number of carbonyl (C=O) groups is 1. The molecular formula is C27H40O4Si. The van der Waals surface area contributed by atoms with Gasteiger partial charge in [0.1, 0.15) is 5.75 Å². The van der Waals surface area contributed by atoms with Crippen LogP contribution in [0.2, 0.25) is 16.6 Å². The maximum absolute atomic E-state index is 11.6. The normalized spacial score (nSPS) is 11.9. The van der Waals surface area contributed by atoms with E-state index < -0.39 is 8.32 Å². The van der Waals surface area contributed by atoms with Crippen molar-refractivity contribution in [2.75, 3.05) is 14.2 Å². The van der Waals surface area contributed by atoms with Gasteiger partial charge in [-0.3, -0.25) is 4.79 Å². The number of hydrogen-bond acceptors (Lipinski definition) is 4. The minimum atomic E-state index is -2.01. The monoisotopic (exact) mass is 456 g/mol. The lowest BCUT2D eigenvalue weighted by molar-refractivity contribution is 0.112. The summed E-state index contributed by atoms with van der Waals surface area (Å²) in [5, 5.41) is 0. The largest absolute Gasteiger partial charge is 0.543 e. The predicted octanol–water partition coefficient (Wildman–Crippen LogP) is 7.28. The van der Waals surface area contributed by atoms with Gasteiger partial charge < -0.3 is 13.9 Å². The molecule has 0 saturated heterocycles. The molecule has 0 unspecified atom stereocenters. The molecule has 4 nitrogen and oxygen atoms in total. The van der Waals surface area contributed by atoms with Crippen LogP contribution in [0, 0.1) is 13.8 Å². The highest BCUT2D eigenvalue weighted by Crippen LogP contribution is 2.43. The van der Waals surface area contributed by atoms with Gasteiger partial charge in [-0.15, -0.1) is 0 Å². The van der Waals surface area contributed by atoms with Crippen LogP contribution in [-0.4, -0.2) is 28.8 Å². The fourth-order valence-electron chi connectivity index (χ4n) is 5.30. The van der Waals surface area contributed by atoms with Crippen LogP contribution in [0.15, 0.2) is 24.3 Å². The van der Waals surface area contributed by atoms with Crippen molar-refractivity contribution in [2.45, 2.75) is 78.4 Å². The zero-order valence-electron chi connectivity index (χ0n) is 21.5. The summed E-state index contributed by atoms with van der Waals surface area (Å²) < 4.78 is 17.7. The van der Waals surface area contributed by atoms with Gasteiger partial charge in [0.05, 0.1) is 19.8 Å². The van der Waals surface area contributed by atoms with Gasteiger partial charge in [-0.1, -0.05) is 41.5 Å². The van der Waals surface area contributed by atoms with Crippen LogP contribution in [0.3, 0.4) is 0 Å². The number of aryl methyl sites for hydroxylation is 2. The molecule has 5 heteroatoms. The van der Waals surface area contributed by atoms with Crippen molar-refractivity contribution in [3.8, 4) is 17.2 Å². The molecule has 0 aliphatic rings. The van der Waals surface area contributed by atoms with Crippen molar-refractivity contribution in [2.24, 2.45) is 0 Å². The van der Waals surface area contributed by atoms with Crippen molar-refractivity contribution < 1.29 is 18.7 Å². The van der Waals surface area contributed by atoms with Crippen LogP contribution in [0.5, 0.6) is 17.2 Å². The molecular weight excluding hydrogens is 416 g/mol. The lowest BCUT2D eigenvalue weighted by atomic mass is 9.94. The van der Waals surface area contributed by atoms with Crippen LogP contribution in [-0.2, 0) is 6.42 Å². The van der Waals surface area contributed by atoms with E-state index in [-0.39, 0.29) is 0 Å². The smallest absolute Gasteiger partial charge is 0.258 e. The van der Waals surface area contributed by atoms with E-state index in [0.29, 0.717) is 40.1 Å². The number of ether oxygens (including phenoxy) is 2. The van der Waals surface area contributed by atoms with Crippen LogP contribution < -0.4 is 13.9 Å². The summed E-state index contributed by atoms with van der Waals surface area (Å²) >= 11 is 0. The third kappa shape index (κ3) is 5.03.